The van der Waals surface area contributed by atoms with E-state index in [0.717, 1.165) is 27.9 Å². The van der Waals surface area contributed by atoms with Gasteiger partial charge in [0, 0.05) is 28.6 Å². The molecule has 0 bridgehead atoms. The number of nitrogens with two attached hydrogens (primary N) is 1. The monoisotopic (exact) mass is 522 g/mol. The number of rotatable bonds is 9. The van der Waals surface area contributed by atoms with Crippen LogP contribution in [0.1, 0.15) is 31.9 Å². The molecular weight excluding hydrogens is 488 g/mol. The Balaban J connectivity index is 1.62. The van der Waals surface area contributed by atoms with Crippen LogP contribution in [0.15, 0.2) is 91.1 Å². The molecule has 0 aliphatic rings. The molecule has 0 aliphatic carbocycles. The van der Waals surface area contributed by atoms with Crippen LogP contribution >= 0.6 is 0 Å². The zero-order valence-electron chi connectivity index (χ0n) is 22.5. The normalized spacial score (nSPS) is 11.9. The van der Waals surface area contributed by atoms with Crippen LogP contribution in [0.2, 0.25) is 0 Å². The van der Waals surface area contributed by atoms with E-state index in [4.69, 9.17) is 25.6 Å². The van der Waals surface area contributed by atoms with Crippen LogP contribution in [-0.4, -0.2) is 35.5 Å². The van der Waals surface area contributed by atoms with Crippen molar-refractivity contribution < 1.29 is 14.3 Å². The quantitative estimate of drug-likeness (QED) is 0.171. The van der Waals surface area contributed by atoms with E-state index in [1.54, 1.807) is 12.3 Å². The first-order valence-corrected chi connectivity index (χ1v) is 12.8. The average molecular weight is 523 g/mol. The summed E-state index contributed by atoms with van der Waals surface area (Å²) in [4.78, 5) is 17.3. The first-order chi connectivity index (χ1) is 18.7. The second-order valence-electron chi connectivity index (χ2n) is 10.3. The van der Waals surface area contributed by atoms with Gasteiger partial charge in [0.15, 0.2) is 0 Å². The summed E-state index contributed by atoms with van der Waals surface area (Å²) in [5.74, 6) is 0.557. The molecule has 3 aromatic carbocycles. The first-order valence-electron chi connectivity index (χ1n) is 12.8. The van der Waals surface area contributed by atoms with E-state index in [2.05, 4.69) is 5.32 Å². The number of nitrogen functional groups attached to an aromatic ring is 1. The molecule has 1 amide bonds. The fourth-order valence-electron chi connectivity index (χ4n) is 4.16. The molecule has 1 aromatic heterocycles. The van der Waals surface area contributed by atoms with Gasteiger partial charge in [0.05, 0.1) is 17.9 Å². The standard InChI is InChI=1S/C32H34N4O3/c1-32(2,3)39-31(37)36-26(16-22-10-6-4-7-11-22)21-38-27-18-28(24-14-15-29(34)25(17-24)19-33)30(35-20-27)23-12-8-5-9-13-23/h4-15,17-20,26,33H,16,21,34H2,1-3H3,(H,36,37). The number of carbonyl (C=O) groups is 1. The van der Waals surface area contributed by atoms with Crippen LogP contribution < -0.4 is 15.8 Å². The van der Waals surface area contributed by atoms with E-state index in [1.807, 2.05) is 99.6 Å². The van der Waals surface area contributed by atoms with Crippen molar-refractivity contribution in [1.29, 1.82) is 5.41 Å². The van der Waals surface area contributed by atoms with Gasteiger partial charge in [-0.25, -0.2) is 4.79 Å². The Bertz CT molecular complexity index is 1420. The van der Waals surface area contributed by atoms with Crippen LogP contribution in [0, 0.1) is 5.41 Å². The number of carbonyl (C=O) groups excluding carboxylic acids is 1. The number of aromatic nitrogens is 1. The first kappa shape index (κ1) is 27.4. The van der Waals surface area contributed by atoms with Gasteiger partial charge >= 0.3 is 6.09 Å². The second-order valence-corrected chi connectivity index (χ2v) is 10.3. The highest BCUT2D eigenvalue weighted by atomic mass is 16.6. The summed E-state index contributed by atoms with van der Waals surface area (Å²) in [6.45, 7) is 5.71. The summed E-state index contributed by atoms with van der Waals surface area (Å²) >= 11 is 0. The van der Waals surface area contributed by atoms with Gasteiger partial charge in [-0.1, -0.05) is 66.7 Å². The molecule has 0 aliphatic heterocycles. The molecule has 0 fully saturated rings. The van der Waals surface area contributed by atoms with E-state index < -0.39 is 11.7 Å². The van der Waals surface area contributed by atoms with Gasteiger partial charge in [-0.2, -0.15) is 0 Å². The third-order valence-electron chi connectivity index (χ3n) is 5.96. The lowest BCUT2D eigenvalue weighted by atomic mass is 9.97. The van der Waals surface area contributed by atoms with Gasteiger partial charge in [0.2, 0.25) is 0 Å². The third kappa shape index (κ3) is 7.68. The number of nitrogens with zero attached hydrogens (tertiary/aromatic N) is 1. The minimum absolute atomic E-state index is 0.216. The second kappa shape index (κ2) is 12.3. The van der Waals surface area contributed by atoms with Crippen molar-refractivity contribution in [3.8, 4) is 28.1 Å². The minimum Gasteiger partial charge on any atom is -0.490 e. The molecule has 4 rings (SSSR count). The number of amides is 1. The van der Waals surface area contributed by atoms with Crippen molar-refractivity contribution in [2.45, 2.75) is 38.8 Å². The van der Waals surface area contributed by atoms with E-state index in [-0.39, 0.29) is 12.6 Å². The number of hydrogen-bond donors (Lipinski definition) is 3. The Morgan fingerprint density at radius 3 is 2.36 bits per heavy atom. The summed E-state index contributed by atoms with van der Waals surface area (Å²) in [7, 11) is 0. The maximum atomic E-state index is 12.6. The van der Waals surface area contributed by atoms with Gasteiger partial charge in [0.25, 0.3) is 0 Å². The third-order valence-corrected chi connectivity index (χ3v) is 5.96. The number of benzene rings is 3. The van der Waals surface area contributed by atoms with Gasteiger partial charge in [-0.05, 0) is 56.5 Å². The highest BCUT2D eigenvalue weighted by Gasteiger charge is 2.21. The molecule has 0 saturated carbocycles. The Morgan fingerprint density at radius 2 is 1.69 bits per heavy atom. The molecule has 4 aromatic rings. The van der Waals surface area contributed by atoms with E-state index >= 15 is 0 Å². The van der Waals surface area contributed by atoms with Crippen LogP contribution in [0.3, 0.4) is 0 Å². The molecular formula is C32H34N4O3. The molecule has 7 nitrogen and oxygen atoms in total. The van der Waals surface area contributed by atoms with Gasteiger partial charge in [-0.15, -0.1) is 0 Å². The van der Waals surface area contributed by atoms with Crippen molar-refractivity contribution in [2.24, 2.45) is 0 Å². The van der Waals surface area contributed by atoms with Crippen molar-refractivity contribution in [2.75, 3.05) is 12.3 Å². The van der Waals surface area contributed by atoms with Gasteiger partial charge in [0.1, 0.15) is 18.0 Å². The van der Waals surface area contributed by atoms with Crippen molar-refractivity contribution in [1.82, 2.24) is 10.3 Å². The van der Waals surface area contributed by atoms with Crippen LogP contribution in [0.25, 0.3) is 22.4 Å². The lowest BCUT2D eigenvalue weighted by Crippen LogP contribution is -2.43. The molecule has 4 N–H and O–H groups in total. The predicted molar refractivity (Wildman–Crippen MR) is 156 cm³/mol. The molecule has 1 heterocycles. The summed E-state index contributed by atoms with van der Waals surface area (Å²) in [6.07, 6.45) is 3.01. The molecule has 0 radical (unpaired) electrons. The number of ether oxygens (including phenoxy) is 2. The molecule has 0 saturated heterocycles. The van der Waals surface area contributed by atoms with Crippen molar-refractivity contribution >= 4 is 18.0 Å². The number of hydrogen-bond acceptors (Lipinski definition) is 6. The summed E-state index contributed by atoms with van der Waals surface area (Å²) in [6, 6.07) is 27.0. The maximum Gasteiger partial charge on any atom is 0.408 e. The highest BCUT2D eigenvalue weighted by Crippen LogP contribution is 2.34. The van der Waals surface area contributed by atoms with Crippen LogP contribution in [0.5, 0.6) is 5.75 Å². The maximum absolute atomic E-state index is 12.6. The fraction of sp³-hybridized carbons (Fsp3) is 0.219. The Hall–Kier alpha value is -4.65. The highest BCUT2D eigenvalue weighted by molar-refractivity contribution is 5.90. The zero-order chi connectivity index (χ0) is 27.8. The van der Waals surface area contributed by atoms with Crippen LogP contribution in [0.4, 0.5) is 10.5 Å². The molecule has 1 unspecified atom stereocenters. The topological polar surface area (TPSA) is 110 Å². The van der Waals surface area contributed by atoms with Crippen molar-refractivity contribution in [3.63, 3.8) is 0 Å². The SMILES string of the molecule is CC(C)(C)OC(=O)NC(COc1cnc(-c2ccccc2)c(-c2ccc(N)c(C=N)c2)c1)Cc1ccccc1. The lowest BCUT2D eigenvalue weighted by Gasteiger charge is -2.24. The van der Waals surface area contributed by atoms with E-state index in [9.17, 15) is 4.79 Å². The van der Waals surface area contributed by atoms with E-state index in [1.165, 1.54) is 6.21 Å². The molecule has 0 spiro atoms. The van der Waals surface area contributed by atoms with E-state index in [0.29, 0.717) is 23.4 Å². The molecule has 39 heavy (non-hydrogen) atoms. The average Bonchev–Trinajstić information content (AvgIpc) is 2.92. The fourth-order valence-corrected chi connectivity index (χ4v) is 4.16. The predicted octanol–water partition coefficient (Wildman–Crippen LogP) is 6.51. The van der Waals surface area contributed by atoms with Crippen LogP contribution in [-0.2, 0) is 11.2 Å². The molecule has 1 atom stereocenters. The van der Waals surface area contributed by atoms with Gasteiger partial charge < -0.3 is 25.9 Å². The summed E-state index contributed by atoms with van der Waals surface area (Å²) < 4.78 is 11.7. The zero-order valence-corrected chi connectivity index (χ0v) is 22.5. The smallest absolute Gasteiger partial charge is 0.408 e. The van der Waals surface area contributed by atoms with Gasteiger partial charge in [-0.3, -0.25) is 4.98 Å². The number of anilines is 1. The largest absolute Gasteiger partial charge is 0.490 e. The Kier molecular flexibility index (Phi) is 8.61. The Morgan fingerprint density at radius 1 is 1.00 bits per heavy atom. The molecule has 7 heteroatoms. The molecule has 200 valence electrons. The number of alkyl carbamates (subject to hydrolysis) is 1. The Labute approximate surface area is 229 Å². The number of pyridine rings is 1. The summed E-state index contributed by atoms with van der Waals surface area (Å²) in [5, 5.41) is 10.7. The number of nitrogens with one attached hydrogen (secondary N) is 2. The minimum atomic E-state index is -0.608. The van der Waals surface area contributed by atoms with Crippen molar-refractivity contribution in [3.05, 3.63) is 102 Å². The lowest BCUT2D eigenvalue weighted by molar-refractivity contribution is 0.0487. The summed E-state index contributed by atoms with van der Waals surface area (Å²) in [5.41, 5.74) is 11.1.